The standard InChI is InChI=1S/C11H10N2O4/c1-17-8-4-2-3-7(6-12)11(8)13-9(14)5-10(15)16/h2-4H,5H2,1H3,(H,13,14)(H,15,16). The highest BCUT2D eigenvalue weighted by molar-refractivity contribution is 6.02. The minimum atomic E-state index is -1.24. The number of amides is 1. The van der Waals surface area contributed by atoms with Gasteiger partial charge in [0.2, 0.25) is 5.91 Å². The SMILES string of the molecule is COc1cccc(C#N)c1NC(=O)CC(=O)O. The third-order valence-electron chi connectivity index (χ3n) is 1.94. The topological polar surface area (TPSA) is 99.4 Å². The minimum absolute atomic E-state index is 0.184. The number of carbonyl (C=O) groups is 2. The summed E-state index contributed by atoms with van der Waals surface area (Å²) in [7, 11) is 1.39. The van der Waals surface area contributed by atoms with Crippen molar-refractivity contribution in [3.63, 3.8) is 0 Å². The summed E-state index contributed by atoms with van der Waals surface area (Å²) in [5.74, 6) is -1.64. The number of rotatable bonds is 4. The number of para-hydroxylation sites is 1. The van der Waals surface area contributed by atoms with Crippen LogP contribution < -0.4 is 10.1 Å². The summed E-state index contributed by atoms with van der Waals surface area (Å²) in [6.07, 6.45) is -0.664. The van der Waals surface area contributed by atoms with Gasteiger partial charge in [0, 0.05) is 0 Å². The summed E-state index contributed by atoms with van der Waals surface area (Å²) >= 11 is 0. The molecule has 0 fully saturated rings. The van der Waals surface area contributed by atoms with Gasteiger partial charge in [0.05, 0.1) is 12.7 Å². The van der Waals surface area contributed by atoms with Gasteiger partial charge in [-0.1, -0.05) is 6.07 Å². The zero-order chi connectivity index (χ0) is 12.8. The fourth-order valence-corrected chi connectivity index (χ4v) is 1.24. The lowest BCUT2D eigenvalue weighted by atomic mass is 10.1. The second-order valence-corrected chi connectivity index (χ2v) is 3.11. The molecule has 0 aliphatic carbocycles. The van der Waals surface area contributed by atoms with Crippen LogP contribution >= 0.6 is 0 Å². The van der Waals surface area contributed by atoms with Crippen molar-refractivity contribution in [2.24, 2.45) is 0 Å². The number of carboxylic acids is 1. The first-order chi connectivity index (χ1) is 8.08. The number of carbonyl (C=O) groups excluding carboxylic acids is 1. The second-order valence-electron chi connectivity index (χ2n) is 3.11. The molecule has 0 saturated carbocycles. The number of hydrogen-bond acceptors (Lipinski definition) is 4. The van der Waals surface area contributed by atoms with Crippen LogP contribution in [0.2, 0.25) is 0 Å². The monoisotopic (exact) mass is 234 g/mol. The maximum atomic E-state index is 11.3. The van der Waals surface area contributed by atoms with Gasteiger partial charge in [0.25, 0.3) is 0 Å². The van der Waals surface area contributed by atoms with E-state index < -0.39 is 18.3 Å². The second kappa shape index (κ2) is 5.51. The van der Waals surface area contributed by atoms with Gasteiger partial charge in [0.1, 0.15) is 23.9 Å². The Morgan fingerprint density at radius 1 is 1.53 bits per heavy atom. The molecule has 17 heavy (non-hydrogen) atoms. The van der Waals surface area contributed by atoms with Crippen LogP contribution in [0.4, 0.5) is 5.69 Å². The van der Waals surface area contributed by atoms with E-state index in [0.717, 1.165) is 0 Å². The van der Waals surface area contributed by atoms with Crippen molar-refractivity contribution in [1.29, 1.82) is 5.26 Å². The summed E-state index contributed by atoms with van der Waals surface area (Å²) < 4.78 is 4.98. The van der Waals surface area contributed by atoms with E-state index >= 15 is 0 Å². The van der Waals surface area contributed by atoms with E-state index in [1.165, 1.54) is 13.2 Å². The van der Waals surface area contributed by atoms with Crippen molar-refractivity contribution < 1.29 is 19.4 Å². The largest absolute Gasteiger partial charge is 0.495 e. The van der Waals surface area contributed by atoms with Crippen LogP contribution in [0.15, 0.2) is 18.2 Å². The van der Waals surface area contributed by atoms with Gasteiger partial charge < -0.3 is 15.2 Å². The van der Waals surface area contributed by atoms with E-state index in [1.807, 2.05) is 6.07 Å². The molecule has 0 spiro atoms. The molecular weight excluding hydrogens is 224 g/mol. The van der Waals surface area contributed by atoms with E-state index in [4.69, 9.17) is 15.1 Å². The van der Waals surface area contributed by atoms with Crippen LogP contribution in [0.25, 0.3) is 0 Å². The molecule has 0 aliphatic rings. The van der Waals surface area contributed by atoms with Gasteiger partial charge in [0.15, 0.2) is 0 Å². The molecule has 0 unspecified atom stereocenters. The molecule has 0 radical (unpaired) electrons. The van der Waals surface area contributed by atoms with Gasteiger partial charge in [-0.2, -0.15) is 5.26 Å². The van der Waals surface area contributed by atoms with Crippen molar-refractivity contribution >= 4 is 17.6 Å². The highest BCUT2D eigenvalue weighted by atomic mass is 16.5. The highest BCUT2D eigenvalue weighted by Crippen LogP contribution is 2.27. The Morgan fingerprint density at radius 2 is 2.24 bits per heavy atom. The van der Waals surface area contributed by atoms with Crippen LogP contribution in [-0.2, 0) is 9.59 Å². The normalized spacial score (nSPS) is 9.18. The molecule has 0 heterocycles. The smallest absolute Gasteiger partial charge is 0.312 e. The first kappa shape index (κ1) is 12.5. The number of anilines is 1. The van der Waals surface area contributed by atoms with Crippen LogP contribution in [0.1, 0.15) is 12.0 Å². The molecule has 6 heteroatoms. The zero-order valence-electron chi connectivity index (χ0n) is 9.06. The van der Waals surface area contributed by atoms with Crippen molar-refractivity contribution in [3.8, 4) is 11.8 Å². The fourth-order valence-electron chi connectivity index (χ4n) is 1.24. The number of carboxylic acid groups (broad SMARTS) is 1. The Kier molecular flexibility index (Phi) is 4.06. The van der Waals surface area contributed by atoms with E-state index in [0.29, 0.717) is 5.75 Å². The van der Waals surface area contributed by atoms with E-state index in [1.54, 1.807) is 12.1 Å². The molecule has 1 aromatic carbocycles. The first-order valence-electron chi connectivity index (χ1n) is 4.67. The number of aliphatic carboxylic acids is 1. The quantitative estimate of drug-likeness (QED) is 0.756. The average Bonchev–Trinajstić information content (AvgIpc) is 2.28. The molecule has 0 aromatic heterocycles. The van der Waals surface area contributed by atoms with Crippen molar-refractivity contribution in [3.05, 3.63) is 23.8 Å². The maximum absolute atomic E-state index is 11.3. The van der Waals surface area contributed by atoms with Gasteiger partial charge in [-0.25, -0.2) is 0 Å². The van der Waals surface area contributed by atoms with Crippen LogP contribution in [0.5, 0.6) is 5.75 Å². The van der Waals surface area contributed by atoms with E-state index in [-0.39, 0.29) is 11.3 Å². The predicted molar refractivity (Wildman–Crippen MR) is 58.6 cm³/mol. The predicted octanol–water partition coefficient (Wildman–Crippen LogP) is 0.980. The van der Waals surface area contributed by atoms with E-state index in [2.05, 4.69) is 5.32 Å². The average molecular weight is 234 g/mol. The lowest BCUT2D eigenvalue weighted by Crippen LogP contribution is -2.17. The number of nitriles is 1. The Labute approximate surface area is 97.4 Å². The zero-order valence-corrected chi connectivity index (χ0v) is 9.06. The summed E-state index contributed by atoms with van der Waals surface area (Å²) in [6, 6.07) is 6.55. The van der Waals surface area contributed by atoms with E-state index in [9.17, 15) is 9.59 Å². The third-order valence-corrected chi connectivity index (χ3v) is 1.94. The molecule has 0 aliphatic heterocycles. The Bertz CT molecular complexity index is 491. The van der Waals surface area contributed by atoms with Crippen LogP contribution in [-0.4, -0.2) is 24.1 Å². The van der Waals surface area contributed by atoms with Crippen molar-refractivity contribution in [1.82, 2.24) is 0 Å². The summed E-state index contributed by atoms with van der Waals surface area (Å²) in [4.78, 5) is 21.7. The molecule has 88 valence electrons. The molecular formula is C11H10N2O4. The molecule has 0 saturated heterocycles. The van der Waals surface area contributed by atoms with Crippen molar-refractivity contribution in [2.45, 2.75) is 6.42 Å². The van der Waals surface area contributed by atoms with Crippen molar-refractivity contribution in [2.75, 3.05) is 12.4 Å². The maximum Gasteiger partial charge on any atom is 0.312 e. The Hall–Kier alpha value is -2.55. The number of methoxy groups -OCH3 is 1. The Balaban J connectivity index is 3.00. The third kappa shape index (κ3) is 3.21. The van der Waals surface area contributed by atoms with Gasteiger partial charge in [-0.15, -0.1) is 0 Å². The highest BCUT2D eigenvalue weighted by Gasteiger charge is 2.14. The number of benzene rings is 1. The van der Waals surface area contributed by atoms with Gasteiger partial charge >= 0.3 is 5.97 Å². The summed E-state index contributed by atoms with van der Waals surface area (Å²) in [5.41, 5.74) is 0.395. The fraction of sp³-hybridized carbons (Fsp3) is 0.182. The number of ether oxygens (including phenoxy) is 1. The summed E-state index contributed by atoms with van der Waals surface area (Å²) in [6.45, 7) is 0. The Morgan fingerprint density at radius 3 is 2.76 bits per heavy atom. The molecule has 1 aromatic rings. The summed E-state index contributed by atoms with van der Waals surface area (Å²) in [5, 5.41) is 19.7. The van der Waals surface area contributed by atoms with Gasteiger partial charge in [-0.05, 0) is 12.1 Å². The van der Waals surface area contributed by atoms with Crippen LogP contribution in [0, 0.1) is 11.3 Å². The molecule has 1 amide bonds. The lowest BCUT2D eigenvalue weighted by Gasteiger charge is -2.10. The molecule has 1 rings (SSSR count). The molecule has 6 nitrogen and oxygen atoms in total. The van der Waals surface area contributed by atoms with Gasteiger partial charge in [-0.3, -0.25) is 9.59 Å². The number of nitrogens with zero attached hydrogens (tertiary/aromatic N) is 1. The first-order valence-corrected chi connectivity index (χ1v) is 4.67. The lowest BCUT2D eigenvalue weighted by molar-refractivity contribution is -0.139. The minimum Gasteiger partial charge on any atom is -0.495 e. The van der Waals surface area contributed by atoms with Crippen LogP contribution in [0.3, 0.4) is 0 Å². The number of nitrogens with one attached hydrogen (secondary N) is 1. The molecule has 2 N–H and O–H groups in total. The number of hydrogen-bond donors (Lipinski definition) is 2. The molecule has 0 bridgehead atoms. The molecule has 0 atom stereocenters.